The van der Waals surface area contributed by atoms with Gasteiger partial charge in [0.05, 0.1) is 30.9 Å². The molecule has 22 heavy (non-hydrogen) atoms. The van der Waals surface area contributed by atoms with Crippen molar-refractivity contribution in [1.29, 1.82) is 0 Å². The maximum atomic E-state index is 11.6. The zero-order chi connectivity index (χ0) is 16.8. The zero-order valence-electron chi connectivity index (χ0n) is 12.8. The van der Waals surface area contributed by atoms with Gasteiger partial charge in [0.15, 0.2) is 0 Å². The van der Waals surface area contributed by atoms with Gasteiger partial charge in [-0.15, -0.1) is 0 Å². The fourth-order valence-corrected chi connectivity index (χ4v) is 1.53. The molecule has 0 atom stereocenters. The predicted octanol–water partition coefficient (Wildman–Crippen LogP) is 2.09. The summed E-state index contributed by atoms with van der Waals surface area (Å²) in [4.78, 5) is 22.2. The van der Waals surface area contributed by atoms with Crippen molar-refractivity contribution < 1.29 is 29.6 Å². The van der Waals surface area contributed by atoms with Crippen molar-refractivity contribution in [2.45, 2.75) is 32.6 Å². The molecule has 3 N–H and O–H groups in total. The molecule has 0 unspecified atom stereocenters. The summed E-state index contributed by atoms with van der Waals surface area (Å²) < 4.78 is 5.09. The average Bonchev–Trinajstić information content (AvgIpc) is 2.54. The maximum Gasteiger partial charge on any atom is 0.338 e. The number of carboxylic acids is 1. The number of carbonyl (C=O) groups is 2. The number of aromatic carboxylic acids is 1. The van der Waals surface area contributed by atoms with Crippen molar-refractivity contribution in [3.8, 4) is 0 Å². The summed E-state index contributed by atoms with van der Waals surface area (Å²) in [5.41, 5.74) is 0.546. The summed E-state index contributed by atoms with van der Waals surface area (Å²) in [5.74, 6) is -1.40. The van der Waals surface area contributed by atoms with Crippen LogP contribution < -0.4 is 0 Å². The van der Waals surface area contributed by atoms with E-state index in [-0.39, 0.29) is 18.8 Å². The van der Waals surface area contributed by atoms with Crippen LogP contribution in [-0.2, 0) is 4.74 Å². The molecular weight excluding hydrogens is 288 g/mol. The average molecular weight is 312 g/mol. The molecule has 0 spiro atoms. The van der Waals surface area contributed by atoms with Crippen molar-refractivity contribution in [1.82, 2.24) is 0 Å². The van der Waals surface area contributed by atoms with Crippen LogP contribution in [0.2, 0.25) is 0 Å². The summed E-state index contributed by atoms with van der Waals surface area (Å²) in [6, 6.07) is 5.74. The fraction of sp³-hybridized carbons (Fsp3) is 0.500. The van der Waals surface area contributed by atoms with Gasteiger partial charge in [-0.3, -0.25) is 0 Å². The normalized spacial score (nSPS) is 9.59. The van der Waals surface area contributed by atoms with Gasteiger partial charge in [-0.25, -0.2) is 9.59 Å². The lowest BCUT2D eigenvalue weighted by Crippen LogP contribution is -2.07. The molecule has 0 heterocycles. The lowest BCUT2D eigenvalue weighted by molar-refractivity contribution is 0.0496. The van der Waals surface area contributed by atoms with E-state index in [1.54, 1.807) is 0 Å². The Labute approximate surface area is 130 Å². The molecule has 6 nitrogen and oxygen atoms in total. The van der Waals surface area contributed by atoms with E-state index in [9.17, 15) is 9.59 Å². The van der Waals surface area contributed by atoms with Crippen molar-refractivity contribution >= 4 is 11.9 Å². The molecular formula is C16H24O6. The highest BCUT2D eigenvalue weighted by atomic mass is 16.5. The fourth-order valence-electron chi connectivity index (χ4n) is 1.53. The molecule has 0 saturated carbocycles. The first-order valence-electron chi connectivity index (χ1n) is 7.29. The van der Waals surface area contributed by atoms with E-state index in [0.29, 0.717) is 12.2 Å². The Morgan fingerprint density at radius 2 is 1.50 bits per heavy atom. The predicted molar refractivity (Wildman–Crippen MR) is 82.0 cm³/mol. The second-order valence-corrected chi connectivity index (χ2v) is 4.53. The Morgan fingerprint density at radius 1 is 0.955 bits per heavy atom. The summed E-state index contributed by atoms with van der Waals surface area (Å²) in [7, 11) is 0. The number of carboxylic acid groups (broad SMARTS) is 1. The minimum absolute atomic E-state index is 0.125. The zero-order valence-corrected chi connectivity index (χ0v) is 12.8. The van der Waals surface area contributed by atoms with Crippen LogP contribution in [0.15, 0.2) is 24.3 Å². The summed E-state index contributed by atoms with van der Waals surface area (Å²) >= 11 is 0. The second kappa shape index (κ2) is 12.8. The molecule has 124 valence electrons. The lowest BCUT2D eigenvalue weighted by Gasteiger charge is -2.04. The number of esters is 1. The molecule has 6 heteroatoms. The van der Waals surface area contributed by atoms with Crippen LogP contribution in [0.25, 0.3) is 0 Å². The van der Waals surface area contributed by atoms with Gasteiger partial charge in [-0.05, 0) is 30.7 Å². The molecule has 0 aliphatic rings. The monoisotopic (exact) mass is 312 g/mol. The third-order valence-electron chi connectivity index (χ3n) is 2.70. The number of rotatable bonds is 8. The van der Waals surface area contributed by atoms with Crippen molar-refractivity contribution in [2.75, 3.05) is 19.8 Å². The van der Waals surface area contributed by atoms with E-state index in [0.717, 1.165) is 25.7 Å². The maximum absolute atomic E-state index is 11.6. The summed E-state index contributed by atoms with van der Waals surface area (Å²) in [6.07, 6.45) is 4.21. The van der Waals surface area contributed by atoms with Crippen LogP contribution in [0, 0.1) is 0 Å². The van der Waals surface area contributed by atoms with Crippen LogP contribution in [0.3, 0.4) is 0 Å². The molecule has 0 aromatic heterocycles. The van der Waals surface area contributed by atoms with E-state index in [1.165, 1.54) is 24.3 Å². The van der Waals surface area contributed by atoms with Crippen LogP contribution in [0.1, 0.15) is 53.3 Å². The smallest absolute Gasteiger partial charge is 0.338 e. The highest BCUT2D eigenvalue weighted by Crippen LogP contribution is 2.07. The largest absolute Gasteiger partial charge is 0.478 e. The third-order valence-corrected chi connectivity index (χ3v) is 2.70. The van der Waals surface area contributed by atoms with Gasteiger partial charge in [-0.2, -0.15) is 0 Å². The number of aliphatic hydroxyl groups is 2. The standard InChI is InChI=1S/C14H18O4.C2H6O2/c1-2-3-4-5-10-18-14(17)12-8-6-11(7-9-12)13(15)16;3-1-2-4/h6-9H,2-5,10H2,1H3,(H,15,16);3-4H,1-2H2. The first kappa shape index (κ1) is 20.1. The molecule has 0 saturated heterocycles. The highest BCUT2D eigenvalue weighted by Gasteiger charge is 2.08. The number of hydrogen-bond donors (Lipinski definition) is 3. The second-order valence-electron chi connectivity index (χ2n) is 4.53. The third kappa shape index (κ3) is 9.10. The van der Waals surface area contributed by atoms with Crippen LogP contribution in [0.5, 0.6) is 0 Å². The molecule has 0 radical (unpaired) electrons. The van der Waals surface area contributed by atoms with Gasteiger partial charge in [0.25, 0.3) is 0 Å². The van der Waals surface area contributed by atoms with Gasteiger partial charge in [0.2, 0.25) is 0 Å². The van der Waals surface area contributed by atoms with Crippen molar-refractivity contribution in [3.05, 3.63) is 35.4 Å². The molecule has 0 aliphatic heterocycles. The quantitative estimate of drug-likeness (QED) is 0.501. The number of aliphatic hydroxyl groups excluding tert-OH is 2. The van der Waals surface area contributed by atoms with Crippen LogP contribution in [0.4, 0.5) is 0 Å². The summed E-state index contributed by atoms with van der Waals surface area (Å²) in [5, 5.41) is 24.0. The molecule has 0 bridgehead atoms. The van der Waals surface area contributed by atoms with Gasteiger partial charge in [0.1, 0.15) is 0 Å². The molecule has 1 aromatic rings. The molecule has 0 amide bonds. The molecule has 0 fully saturated rings. The Morgan fingerprint density at radius 3 is 1.95 bits per heavy atom. The van der Waals surface area contributed by atoms with E-state index in [2.05, 4.69) is 6.92 Å². The number of carbonyl (C=O) groups excluding carboxylic acids is 1. The van der Waals surface area contributed by atoms with Gasteiger partial charge < -0.3 is 20.1 Å². The van der Waals surface area contributed by atoms with Crippen LogP contribution in [-0.4, -0.2) is 47.1 Å². The first-order chi connectivity index (χ1) is 10.6. The minimum atomic E-state index is -1.01. The van der Waals surface area contributed by atoms with Crippen LogP contribution >= 0.6 is 0 Å². The van der Waals surface area contributed by atoms with Gasteiger partial charge in [-0.1, -0.05) is 26.2 Å². The van der Waals surface area contributed by atoms with Crippen molar-refractivity contribution in [2.24, 2.45) is 0 Å². The number of benzene rings is 1. The minimum Gasteiger partial charge on any atom is -0.478 e. The van der Waals surface area contributed by atoms with E-state index in [4.69, 9.17) is 20.1 Å². The number of hydrogen-bond acceptors (Lipinski definition) is 5. The molecule has 0 aliphatic carbocycles. The Bertz CT molecular complexity index is 425. The number of ether oxygens (including phenoxy) is 1. The van der Waals surface area contributed by atoms with Crippen molar-refractivity contribution in [3.63, 3.8) is 0 Å². The number of unbranched alkanes of at least 4 members (excludes halogenated alkanes) is 3. The van der Waals surface area contributed by atoms with E-state index < -0.39 is 11.9 Å². The SMILES string of the molecule is CCCCCCOC(=O)c1ccc(C(=O)O)cc1.OCCO. The van der Waals surface area contributed by atoms with E-state index >= 15 is 0 Å². The summed E-state index contributed by atoms with van der Waals surface area (Å²) in [6.45, 7) is 2.29. The Kier molecular flexibility index (Phi) is 11.7. The van der Waals surface area contributed by atoms with Gasteiger partial charge in [0, 0.05) is 0 Å². The highest BCUT2D eigenvalue weighted by molar-refractivity contribution is 5.92. The Hall–Kier alpha value is -1.92. The lowest BCUT2D eigenvalue weighted by atomic mass is 10.1. The molecule has 1 rings (SSSR count). The Balaban J connectivity index is 0.000000980. The van der Waals surface area contributed by atoms with Gasteiger partial charge >= 0.3 is 11.9 Å². The topological polar surface area (TPSA) is 104 Å². The molecule has 1 aromatic carbocycles. The first-order valence-corrected chi connectivity index (χ1v) is 7.29. The van der Waals surface area contributed by atoms with E-state index in [1.807, 2.05) is 0 Å².